The van der Waals surface area contributed by atoms with E-state index >= 15 is 0 Å². The summed E-state index contributed by atoms with van der Waals surface area (Å²) in [5.74, 6) is 0.398. The maximum Gasteiger partial charge on any atom is 0.259 e. The Morgan fingerprint density at radius 2 is 1.75 bits per heavy atom. The van der Waals surface area contributed by atoms with Gasteiger partial charge in [0.2, 0.25) is 0 Å². The average Bonchev–Trinajstić information content (AvgIpc) is 2.83. The molecule has 6 heteroatoms. The van der Waals surface area contributed by atoms with Crippen LogP contribution in [0.2, 0.25) is 0 Å². The van der Waals surface area contributed by atoms with Gasteiger partial charge in [-0.3, -0.25) is 9.59 Å². The molecule has 4 rings (SSSR count). The van der Waals surface area contributed by atoms with E-state index in [9.17, 15) is 9.59 Å². The number of ether oxygens (including phenoxy) is 1. The molecule has 1 aliphatic heterocycles. The Morgan fingerprint density at radius 1 is 1.00 bits per heavy atom. The van der Waals surface area contributed by atoms with Gasteiger partial charge in [0.1, 0.15) is 5.75 Å². The summed E-state index contributed by atoms with van der Waals surface area (Å²) in [5.41, 5.74) is 2.54. The molecule has 0 aromatic heterocycles. The van der Waals surface area contributed by atoms with Crippen LogP contribution in [-0.2, 0) is 0 Å². The van der Waals surface area contributed by atoms with Crippen LogP contribution in [0, 0.1) is 0 Å². The number of rotatable bonds is 3. The number of benzene rings is 3. The van der Waals surface area contributed by atoms with Gasteiger partial charge in [-0.25, -0.2) is 0 Å². The fourth-order valence-electron chi connectivity index (χ4n) is 3.03. The van der Waals surface area contributed by atoms with Gasteiger partial charge in [0.15, 0.2) is 0 Å². The minimum absolute atomic E-state index is 0.0884. The largest absolute Gasteiger partial charge is 0.497 e. The standard InChI is InChI=1S/C22H18N2O3S/c1-24-18-13-14(21(25)23-15-8-10-16(27-2)11-9-15)7-12-20(18)28-19-6-4-3-5-17(19)22(24)26/h3-13H,1-2H3,(H,23,25). The Morgan fingerprint density at radius 3 is 2.50 bits per heavy atom. The lowest BCUT2D eigenvalue weighted by molar-refractivity contribution is 0.0987. The summed E-state index contributed by atoms with van der Waals surface area (Å²) in [6.07, 6.45) is 0. The molecule has 0 spiro atoms. The molecule has 1 heterocycles. The zero-order valence-electron chi connectivity index (χ0n) is 15.4. The van der Waals surface area contributed by atoms with E-state index in [1.165, 1.54) is 11.8 Å². The molecule has 0 fully saturated rings. The molecular formula is C22H18N2O3S. The number of amides is 2. The van der Waals surface area contributed by atoms with Crippen LogP contribution in [0.4, 0.5) is 11.4 Å². The molecule has 140 valence electrons. The summed E-state index contributed by atoms with van der Waals surface area (Å²) in [6.45, 7) is 0. The van der Waals surface area contributed by atoms with E-state index in [0.717, 1.165) is 15.5 Å². The highest BCUT2D eigenvalue weighted by Gasteiger charge is 2.25. The number of hydrogen-bond acceptors (Lipinski definition) is 4. The van der Waals surface area contributed by atoms with Crippen molar-refractivity contribution in [3.8, 4) is 5.75 Å². The summed E-state index contributed by atoms with van der Waals surface area (Å²) in [5, 5.41) is 2.87. The van der Waals surface area contributed by atoms with Crippen LogP contribution in [0.15, 0.2) is 76.5 Å². The average molecular weight is 390 g/mol. The van der Waals surface area contributed by atoms with E-state index in [-0.39, 0.29) is 11.8 Å². The van der Waals surface area contributed by atoms with Crippen LogP contribution < -0.4 is 15.0 Å². The summed E-state index contributed by atoms with van der Waals surface area (Å²) >= 11 is 1.53. The van der Waals surface area contributed by atoms with Gasteiger partial charge in [0.05, 0.1) is 18.4 Å². The van der Waals surface area contributed by atoms with Crippen LogP contribution in [0.25, 0.3) is 0 Å². The number of nitrogens with zero attached hydrogens (tertiary/aromatic N) is 1. The molecule has 5 nitrogen and oxygen atoms in total. The minimum Gasteiger partial charge on any atom is -0.497 e. The number of hydrogen-bond donors (Lipinski definition) is 1. The topological polar surface area (TPSA) is 58.6 Å². The molecule has 3 aromatic rings. The van der Waals surface area contributed by atoms with Crippen molar-refractivity contribution in [3.63, 3.8) is 0 Å². The zero-order valence-corrected chi connectivity index (χ0v) is 16.2. The molecule has 3 aromatic carbocycles. The molecule has 1 aliphatic rings. The third kappa shape index (κ3) is 3.34. The van der Waals surface area contributed by atoms with Crippen LogP contribution in [-0.4, -0.2) is 26.0 Å². The Balaban J connectivity index is 1.63. The lowest BCUT2D eigenvalue weighted by atomic mass is 10.1. The highest BCUT2D eigenvalue weighted by atomic mass is 32.2. The van der Waals surface area contributed by atoms with Gasteiger partial charge >= 0.3 is 0 Å². The van der Waals surface area contributed by atoms with E-state index in [4.69, 9.17) is 4.74 Å². The number of carbonyl (C=O) groups is 2. The molecule has 0 saturated carbocycles. The molecule has 0 bridgehead atoms. The second-order valence-corrected chi connectivity index (χ2v) is 7.41. The minimum atomic E-state index is -0.236. The number of nitrogens with one attached hydrogen (secondary N) is 1. The van der Waals surface area contributed by atoms with Crippen LogP contribution in [0.1, 0.15) is 20.7 Å². The summed E-state index contributed by atoms with van der Waals surface area (Å²) in [6, 6.07) is 20.1. The fraction of sp³-hybridized carbons (Fsp3) is 0.0909. The summed E-state index contributed by atoms with van der Waals surface area (Å²) < 4.78 is 5.13. The maximum absolute atomic E-state index is 12.8. The van der Waals surface area contributed by atoms with Crippen LogP contribution >= 0.6 is 11.8 Å². The van der Waals surface area contributed by atoms with Gasteiger partial charge in [-0.05, 0) is 54.6 Å². The van der Waals surface area contributed by atoms with Gasteiger partial charge < -0.3 is 15.0 Å². The predicted molar refractivity (Wildman–Crippen MR) is 111 cm³/mol. The van der Waals surface area contributed by atoms with Gasteiger partial charge in [0, 0.05) is 28.1 Å². The van der Waals surface area contributed by atoms with Crippen molar-refractivity contribution in [1.29, 1.82) is 0 Å². The number of fused-ring (bicyclic) bond motifs is 2. The second kappa shape index (κ2) is 7.40. The lowest BCUT2D eigenvalue weighted by Gasteiger charge is -2.18. The molecular weight excluding hydrogens is 372 g/mol. The van der Waals surface area contributed by atoms with E-state index in [0.29, 0.717) is 22.5 Å². The van der Waals surface area contributed by atoms with Crippen molar-refractivity contribution in [3.05, 3.63) is 77.9 Å². The van der Waals surface area contributed by atoms with Gasteiger partial charge in [-0.15, -0.1) is 0 Å². The first-order valence-corrected chi connectivity index (χ1v) is 9.53. The molecule has 0 atom stereocenters. The highest BCUT2D eigenvalue weighted by molar-refractivity contribution is 7.99. The van der Waals surface area contributed by atoms with Crippen molar-refractivity contribution in [1.82, 2.24) is 0 Å². The quantitative estimate of drug-likeness (QED) is 0.705. The maximum atomic E-state index is 12.8. The number of carbonyl (C=O) groups excluding carboxylic acids is 2. The second-order valence-electron chi connectivity index (χ2n) is 6.33. The van der Waals surface area contributed by atoms with Crippen molar-refractivity contribution >= 4 is 35.0 Å². The molecule has 1 N–H and O–H groups in total. The number of anilines is 2. The molecule has 0 aliphatic carbocycles. The summed E-state index contributed by atoms with van der Waals surface area (Å²) in [7, 11) is 3.33. The first kappa shape index (κ1) is 18.1. The fourth-order valence-corrected chi connectivity index (χ4v) is 4.11. The van der Waals surface area contributed by atoms with Crippen molar-refractivity contribution in [2.24, 2.45) is 0 Å². The first-order valence-electron chi connectivity index (χ1n) is 8.71. The normalized spacial score (nSPS) is 12.6. The highest BCUT2D eigenvalue weighted by Crippen LogP contribution is 2.41. The van der Waals surface area contributed by atoms with E-state index in [2.05, 4.69) is 5.32 Å². The monoisotopic (exact) mass is 390 g/mol. The van der Waals surface area contributed by atoms with Crippen LogP contribution in [0.5, 0.6) is 5.75 Å². The first-order chi connectivity index (χ1) is 13.6. The Kier molecular flexibility index (Phi) is 4.79. The third-order valence-electron chi connectivity index (χ3n) is 4.57. The van der Waals surface area contributed by atoms with Gasteiger partial charge in [-0.2, -0.15) is 0 Å². The molecule has 2 amide bonds. The Labute approximate surface area is 167 Å². The molecule has 0 unspecified atom stereocenters. The lowest BCUT2D eigenvalue weighted by Crippen LogP contribution is -2.26. The SMILES string of the molecule is COc1ccc(NC(=O)c2ccc3c(c2)N(C)C(=O)c2ccccc2S3)cc1. The van der Waals surface area contributed by atoms with Crippen LogP contribution in [0.3, 0.4) is 0 Å². The van der Waals surface area contributed by atoms with E-state index < -0.39 is 0 Å². The van der Waals surface area contributed by atoms with Crippen molar-refractivity contribution in [2.75, 3.05) is 24.4 Å². The number of methoxy groups -OCH3 is 1. The van der Waals surface area contributed by atoms with Crippen molar-refractivity contribution in [2.45, 2.75) is 9.79 Å². The zero-order chi connectivity index (χ0) is 19.7. The van der Waals surface area contributed by atoms with Gasteiger partial charge in [0.25, 0.3) is 11.8 Å². The van der Waals surface area contributed by atoms with E-state index in [1.54, 1.807) is 55.5 Å². The molecule has 28 heavy (non-hydrogen) atoms. The molecule has 0 saturated heterocycles. The van der Waals surface area contributed by atoms with Gasteiger partial charge in [-0.1, -0.05) is 23.9 Å². The van der Waals surface area contributed by atoms with Crippen molar-refractivity contribution < 1.29 is 14.3 Å². The Bertz CT molecular complexity index is 1060. The third-order valence-corrected chi connectivity index (χ3v) is 5.71. The predicted octanol–water partition coefficient (Wildman–Crippen LogP) is 4.69. The smallest absolute Gasteiger partial charge is 0.259 e. The summed E-state index contributed by atoms with van der Waals surface area (Å²) in [4.78, 5) is 29.0. The molecule has 0 radical (unpaired) electrons. The van der Waals surface area contributed by atoms with E-state index in [1.807, 2.05) is 30.3 Å². The Hall–Kier alpha value is -3.25.